The summed E-state index contributed by atoms with van der Waals surface area (Å²) in [6, 6.07) is 0. The van der Waals surface area contributed by atoms with Gasteiger partial charge in [-0.15, -0.1) is 0 Å². The van der Waals surface area contributed by atoms with Gasteiger partial charge in [0.1, 0.15) is 5.78 Å². The summed E-state index contributed by atoms with van der Waals surface area (Å²) in [5.41, 5.74) is 1.07. The first kappa shape index (κ1) is 8.15. The van der Waals surface area contributed by atoms with Crippen LogP contribution in [0.15, 0.2) is 24.3 Å². The molecule has 0 spiro atoms. The molecule has 9 heavy (non-hydrogen) atoms. The van der Waals surface area contributed by atoms with Crippen LogP contribution in [0.2, 0.25) is 0 Å². The summed E-state index contributed by atoms with van der Waals surface area (Å²) in [5, 5.41) is 0. The number of ketones is 1. The van der Waals surface area contributed by atoms with Crippen molar-refractivity contribution in [3.05, 3.63) is 24.3 Å². The molecule has 0 aliphatic heterocycles. The minimum Gasteiger partial charge on any atom is -0.300 e. The summed E-state index contributed by atoms with van der Waals surface area (Å²) in [6.07, 6.45) is 4.09. The van der Waals surface area contributed by atoms with Gasteiger partial charge in [-0.1, -0.05) is 24.3 Å². The number of carbonyl (C=O) groups is 1. The largest absolute Gasteiger partial charge is 0.300 e. The van der Waals surface area contributed by atoms with Crippen LogP contribution >= 0.6 is 0 Å². The van der Waals surface area contributed by atoms with E-state index in [4.69, 9.17) is 0 Å². The number of carbonyl (C=O) groups excluding carboxylic acids is 1. The Labute approximate surface area is 56.1 Å². The average molecular weight is 124 g/mol. The number of hydrogen-bond donors (Lipinski definition) is 0. The van der Waals surface area contributed by atoms with Crippen molar-refractivity contribution in [1.29, 1.82) is 0 Å². The predicted octanol–water partition coefficient (Wildman–Crippen LogP) is 2.10. The van der Waals surface area contributed by atoms with Crippen LogP contribution in [0.25, 0.3) is 0 Å². The van der Waals surface area contributed by atoms with Gasteiger partial charge in [0.05, 0.1) is 0 Å². The maximum absolute atomic E-state index is 10.5. The van der Waals surface area contributed by atoms with Crippen molar-refractivity contribution in [2.75, 3.05) is 0 Å². The molecule has 0 heterocycles. The predicted molar refractivity (Wildman–Crippen MR) is 39.3 cm³/mol. The van der Waals surface area contributed by atoms with Crippen LogP contribution in [-0.4, -0.2) is 5.78 Å². The van der Waals surface area contributed by atoms with Crippen LogP contribution in [0.4, 0.5) is 0 Å². The minimum absolute atomic E-state index is 0.200. The Bertz CT molecular complexity index is 143. The summed E-state index contributed by atoms with van der Waals surface area (Å²) in [4.78, 5) is 10.5. The zero-order chi connectivity index (χ0) is 7.28. The third-order valence-corrected chi connectivity index (χ3v) is 0.930. The normalized spacial score (nSPS) is 11.1. The molecule has 0 saturated carbocycles. The Balaban J connectivity index is 3.75. The summed E-state index contributed by atoms with van der Waals surface area (Å²) in [7, 11) is 0. The van der Waals surface area contributed by atoms with Gasteiger partial charge in [-0.05, 0) is 13.8 Å². The minimum atomic E-state index is 0.200. The lowest BCUT2D eigenvalue weighted by molar-refractivity contribution is -0.116. The lowest BCUT2D eigenvalue weighted by Gasteiger charge is -1.91. The molecule has 0 N–H and O–H groups in total. The van der Waals surface area contributed by atoms with Crippen molar-refractivity contribution < 1.29 is 4.79 Å². The number of hydrogen-bond acceptors (Lipinski definition) is 1. The highest BCUT2D eigenvalue weighted by Gasteiger charge is 1.91. The number of Topliss-reactive ketones (excluding diaryl/α,β-unsaturated/α-hetero) is 1. The Morgan fingerprint density at radius 2 is 2.11 bits per heavy atom. The monoisotopic (exact) mass is 124 g/mol. The maximum atomic E-state index is 10.5. The molecule has 0 aromatic rings. The highest BCUT2D eigenvalue weighted by atomic mass is 16.1. The molecule has 50 valence electrons. The maximum Gasteiger partial charge on any atom is 0.133 e. The molecule has 0 amide bonds. The molecule has 0 saturated heterocycles. The van der Waals surface area contributed by atoms with E-state index < -0.39 is 0 Å². The fourth-order valence-corrected chi connectivity index (χ4v) is 0.653. The van der Waals surface area contributed by atoms with Crippen LogP contribution in [-0.2, 0) is 4.79 Å². The number of rotatable bonds is 3. The molecule has 0 aromatic carbocycles. The fraction of sp³-hybridized carbons (Fsp3) is 0.375. The van der Waals surface area contributed by atoms with Gasteiger partial charge in [-0.2, -0.15) is 0 Å². The summed E-state index contributed by atoms with van der Waals surface area (Å²) in [6.45, 7) is 7.02. The Kier molecular flexibility index (Phi) is 3.69. The molecule has 0 radical (unpaired) electrons. The molecular formula is C8H12O. The Hall–Kier alpha value is -0.850. The molecule has 0 aliphatic carbocycles. The average Bonchev–Trinajstić information content (AvgIpc) is 1.63. The molecule has 0 rings (SSSR count). The third-order valence-electron chi connectivity index (χ3n) is 0.930. The summed E-state index contributed by atoms with van der Waals surface area (Å²) < 4.78 is 0. The van der Waals surface area contributed by atoms with E-state index in [-0.39, 0.29) is 5.78 Å². The van der Waals surface area contributed by atoms with Crippen LogP contribution in [0.5, 0.6) is 0 Å². The zero-order valence-corrected chi connectivity index (χ0v) is 5.98. The van der Waals surface area contributed by atoms with Gasteiger partial charge in [0.25, 0.3) is 0 Å². The van der Waals surface area contributed by atoms with E-state index in [2.05, 4.69) is 6.58 Å². The van der Waals surface area contributed by atoms with Gasteiger partial charge >= 0.3 is 0 Å². The van der Waals surface area contributed by atoms with E-state index in [1.807, 2.05) is 13.0 Å². The van der Waals surface area contributed by atoms with Crippen LogP contribution < -0.4 is 0 Å². The molecule has 0 atom stereocenters. The first-order valence-corrected chi connectivity index (χ1v) is 2.94. The van der Waals surface area contributed by atoms with Gasteiger partial charge in [0.15, 0.2) is 0 Å². The zero-order valence-electron chi connectivity index (χ0n) is 5.98. The molecule has 0 unspecified atom stereocenters. The summed E-state index contributed by atoms with van der Waals surface area (Å²) in [5.74, 6) is 0.200. The van der Waals surface area contributed by atoms with Gasteiger partial charge in [0.2, 0.25) is 0 Å². The molecular weight excluding hydrogens is 112 g/mol. The van der Waals surface area contributed by atoms with Crippen LogP contribution in [0.3, 0.4) is 0 Å². The Morgan fingerprint density at radius 3 is 2.44 bits per heavy atom. The smallest absolute Gasteiger partial charge is 0.133 e. The molecule has 0 fully saturated rings. The quantitative estimate of drug-likeness (QED) is 0.526. The molecule has 1 heteroatoms. The lowest BCUT2D eigenvalue weighted by atomic mass is 10.1. The van der Waals surface area contributed by atoms with Crippen LogP contribution in [0.1, 0.15) is 20.3 Å². The van der Waals surface area contributed by atoms with Gasteiger partial charge < -0.3 is 0 Å². The molecule has 0 bridgehead atoms. The third kappa shape index (κ3) is 5.01. The van der Waals surface area contributed by atoms with E-state index in [0.29, 0.717) is 6.42 Å². The first-order chi connectivity index (χ1) is 4.16. The standard InChI is InChI=1S/C8H12O/c1-4-5-7(2)6-8(3)9/h4-5H,1,6H2,2-3H3/b7-5-. The van der Waals surface area contributed by atoms with Gasteiger partial charge in [0, 0.05) is 6.42 Å². The van der Waals surface area contributed by atoms with Crippen molar-refractivity contribution in [1.82, 2.24) is 0 Å². The molecule has 0 aliphatic rings. The highest BCUT2D eigenvalue weighted by Crippen LogP contribution is 1.99. The van der Waals surface area contributed by atoms with E-state index in [1.165, 1.54) is 0 Å². The second-order valence-electron chi connectivity index (χ2n) is 2.13. The van der Waals surface area contributed by atoms with Crippen LogP contribution in [0, 0.1) is 0 Å². The van der Waals surface area contributed by atoms with Crippen molar-refractivity contribution in [3.8, 4) is 0 Å². The second kappa shape index (κ2) is 4.07. The molecule has 0 aromatic heterocycles. The van der Waals surface area contributed by atoms with E-state index in [0.717, 1.165) is 5.57 Å². The SMILES string of the molecule is C=C/C=C(/C)CC(C)=O. The van der Waals surface area contributed by atoms with E-state index in [9.17, 15) is 4.79 Å². The topological polar surface area (TPSA) is 17.1 Å². The fourth-order valence-electron chi connectivity index (χ4n) is 0.653. The lowest BCUT2D eigenvalue weighted by Crippen LogP contribution is -1.89. The van der Waals surface area contributed by atoms with E-state index in [1.54, 1.807) is 13.0 Å². The van der Waals surface area contributed by atoms with E-state index >= 15 is 0 Å². The van der Waals surface area contributed by atoms with Gasteiger partial charge in [-0.3, -0.25) is 4.79 Å². The second-order valence-corrected chi connectivity index (χ2v) is 2.13. The Morgan fingerprint density at radius 1 is 1.56 bits per heavy atom. The summed E-state index contributed by atoms with van der Waals surface area (Å²) >= 11 is 0. The first-order valence-electron chi connectivity index (χ1n) is 2.94. The van der Waals surface area contributed by atoms with Crippen molar-refractivity contribution >= 4 is 5.78 Å². The number of allylic oxidation sites excluding steroid dienone is 3. The van der Waals surface area contributed by atoms with Crippen molar-refractivity contribution in [2.24, 2.45) is 0 Å². The molecule has 1 nitrogen and oxygen atoms in total. The van der Waals surface area contributed by atoms with Crippen molar-refractivity contribution in [2.45, 2.75) is 20.3 Å². The van der Waals surface area contributed by atoms with Gasteiger partial charge in [-0.25, -0.2) is 0 Å². The van der Waals surface area contributed by atoms with Crippen molar-refractivity contribution in [3.63, 3.8) is 0 Å². The highest BCUT2D eigenvalue weighted by molar-refractivity contribution is 5.77.